The Kier molecular flexibility index (Phi) is 6.09. The number of benzene rings is 1. The van der Waals surface area contributed by atoms with Crippen LogP contribution in [0.25, 0.3) is 0 Å². The van der Waals surface area contributed by atoms with Crippen molar-refractivity contribution >= 4 is 17.6 Å². The van der Waals surface area contributed by atoms with E-state index in [1.807, 2.05) is 41.3 Å². The zero-order valence-corrected chi connectivity index (χ0v) is 14.6. The molecule has 2 aromatic rings. The lowest BCUT2D eigenvalue weighted by atomic mass is 10.2. The first kappa shape index (κ1) is 17.5. The Hall–Kier alpha value is -2.31. The fourth-order valence-electron chi connectivity index (χ4n) is 2.68. The molecule has 1 aliphatic rings. The van der Waals surface area contributed by atoms with Gasteiger partial charge in [-0.1, -0.05) is 23.7 Å². The molecule has 2 amide bonds. The van der Waals surface area contributed by atoms with E-state index in [9.17, 15) is 4.79 Å². The van der Waals surface area contributed by atoms with E-state index in [1.54, 1.807) is 12.4 Å². The molecule has 132 valence electrons. The second-order valence-corrected chi connectivity index (χ2v) is 6.27. The molecule has 2 N–H and O–H groups in total. The van der Waals surface area contributed by atoms with Gasteiger partial charge in [0.1, 0.15) is 12.4 Å². The normalized spacial score (nSPS) is 17.2. The van der Waals surface area contributed by atoms with Crippen LogP contribution in [0.15, 0.2) is 48.8 Å². The number of piperazine rings is 1. The van der Waals surface area contributed by atoms with Crippen LogP contribution in [0.4, 0.5) is 4.79 Å². The molecular weight excluding hydrogens is 340 g/mol. The van der Waals surface area contributed by atoms with E-state index in [-0.39, 0.29) is 12.1 Å². The van der Waals surface area contributed by atoms with Crippen LogP contribution in [0, 0.1) is 0 Å². The molecule has 1 fully saturated rings. The van der Waals surface area contributed by atoms with Crippen molar-refractivity contribution in [1.29, 1.82) is 0 Å². The van der Waals surface area contributed by atoms with Gasteiger partial charge in [0.25, 0.3) is 0 Å². The molecule has 1 saturated heterocycles. The Bertz CT molecular complexity index is 681. The first-order valence-electron chi connectivity index (χ1n) is 8.25. The number of nitrogens with zero attached hydrogens (tertiary/aromatic N) is 2. The van der Waals surface area contributed by atoms with Gasteiger partial charge in [-0.15, -0.1) is 0 Å². The summed E-state index contributed by atoms with van der Waals surface area (Å²) in [5.74, 6) is 0.703. The van der Waals surface area contributed by atoms with Gasteiger partial charge in [0.15, 0.2) is 0 Å². The van der Waals surface area contributed by atoms with Gasteiger partial charge in [0, 0.05) is 37.4 Å². The van der Waals surface area contributed by atoms with E-state index < -0.39 is 0 Å². The van der Waals surface area contributed by atoms with Gasteiger partial charge in [-0.25, -0.2) is 4.79 Å². The molecule has 1 aromatic carbocycles. The van der Waals surface area contributed by atoms with Crippen LogP contribution in [0.2, 0.25) is 5.02 Å². The maximum atomic E-state index is 12.6. The maximum absolute atomic E-state index is 12.6. The zero-order chi connectivity index (χ0) is 17.5. The molecule has 7 heteroatoms. The van der Waals surface area contributed by atoms with E-state index in [0.29, 0.717) is 37.0 Å². The summed E-state index contributed by atoms with van der Waals surface area (Å²) in [7, 11) is 0. The molecule has 1 atom stereocenters. The van der Waals surface area contributed by atoms with Crippen LogP contribution in [-0.2, 0) is 6.54 Å². The highest BCUT2D eigenvalue weighted by atomic mass is 35.5. The number of ether oxygens (including phenoxy) is 1. The molecule has 2 heterocycles. The van der Waals surface area contributed by atoms with Crippen molar-refractivity contribution in [2.45, 2.75) is 12.6 Å². The van der Waals surface area contributed by atoms with E-state index in [2.05, 4.69) is 15.6 Å². The quantitative estimate of drug-likeness (QED) is 0.858. The van der Waals surface area contributed by atoms with Crippen molar-refractivity contribution in [2.75, 3.05) is 26.2 Å². The fraction of sp³-hybridized carbons (Fsp3) is 0.333. The number of hydrogen-bond acceptors (Lipinski definition) is 4. The van der Waals surface area contributed by atoms with Gasteiger partial charge in [-0.05, 0) is 29.8 Å². The number of rotatable bonds is 5. The van der Waals surface area contributed by atoms with E-state index in [1.165, 1.54) is 0 Å². The highest BCUT2D eigenvalue weighted by Crippen LogP contribution is 2.12. The summed E-state index contributed by atoms with van der Waals surface area (Å²) in [4.78, 5) is 18.4. The minimum Gasteiger partial charge on any atom is -0.490 e. The standard InChI is InChI=1S/C18H21ClN4O2/c19-15-5-3-14(4-6-15)10-22-18(24)23-9-8-21-11-16(23)13-25-17-2-1-7-20-12-17/h1-7,12,16,21H,8-11,13H2,(H,22,24). The van der Waals surface area contributed by atoms with Crippen LogP contribution >= 0.6 is 11.6 Å². The molecular formula is C18H21ClN4O2. The van der Waals surface area contributed by atoms with Crippen molar-refractivity contribution in [2.24, 2.45) is 0 Å². The fourth-order valence-corrected chi connectivity index (χ4v) is 2.81. The van der Waals surface area contributed by atoms with Crippen molar-refractivity contribution in [1.82, 2.24) is 20.5 Å². The maximum Gasteiger partial charge on any atom is 0.318 e. The Balaban J connectivity index is 1.54. The van der Waals surface area contributed by atoms with Gasteiger partial charge in [-0.3, -0.25) is 4.98 Å². The highest BCUT2D eigenvalue weighted by Gasteiger charge is 2.27. The van der Waals surface area contributed by atoms with Crippen molar-refractivity contribution in [3.8, 4) is 5.75 Å². The lowest BCUT2D eigenvalue weighted by Crippen LogP contribution is -2.58. The van der Waals surface area contributed by atoms with Crippen molar-refractivity contribution < 1.29 is 9.53 Å². The summed E-state index contributed by atoms with van der Waals surface area (Å²) in [5, 5.41) is 6.95. The minimum atomic E-state index is -0.0868. The van der Waals surface area contributed by atoms with Crippen LogP contribution in [0.3, 0.4) is 0 Å². The third-order valence-electron chi connectivity index (χ3n) is 4.04. The SMILES string of the molecule is O=C(NCc1ccc(Cl)cc1)N1CCNCC1COc1cccnc1. The molecule has 0 aliphatic carbocycles. The molecule has 6 nitrogen and oxygen atoms in total. The first-order valence-corrected chi connectivity index (χ1v) is 8.62. The van der Waals surface area contributed by atoms with E-state index in [4.69, 9.17) is 16.3 Å². The summed E-state index contributed by atoms with van der Waals surface area (Å²) in [5.41, 5.74) is 1.01. The summed E-state index contributed by atoms with van der Waals surface area (Å²) in [6.07, 6.45) is 3.37. The second kappa shape index (κ2) is 8.69. The number of amides is 2. The highest BCUT2D eigenvalue weighted by molar-refractivity contribution is 6.30. The van der Waals surface area contributed by atoms with Crippen LogP contribution in [0.1, 0.15) is 5.56 Å². The molecule has 0 radical (unpaired) electrons. The van der Waals surface area contributed by atoms with Gasteiger partial charge in [0.2, 0.25) is 0 Å². The summed E-state index contributed by atoms with van der Waals surface area (Å²) in [6.45, 7) is 3.02. The number of urea groups is 1. The molecule has 0 bridgehead atoms. The molecule has 1 aliphatic heterocycles. The second-order valence-electron chi connectivity index (χ2n) is 5.84. The van der Waals surface area contributed by atoms with Gasteiger partial charge >= 0.3 is 6.03 Å². The Labute approximate surface area is 152 Å². The lowest BCUT2D eigenvalue weighted by molar-refractivity contribution is 0.124. The molecule has 1 unspecified atom stereocenters. The molecule has 1 aromatic heterocycles. The summed E-state index contributed by atoms with van der Waals surface area (Å²) in [6, 6.07) is 11.0. The smallest absolute Gasteiger partial charge is 0.318 e. The Morgan fingerprint density at radius 2 is 2.20 bits per heavy atom. The molecule has 25 heavy (non-hydrogen) atoms. The zero-order valence-electron chi connectivity index (χ0n) is 13.8. The predicted octanol–water partition coefficient (Wildman–Crippen LogP) is 2.30. The van der Waals surface area contributed by atoms with E-state index in [0.717, 1.165) is 12.1 Å². The van der Waals surface area contributed by atoms with E-state index >= 15 is 0 Å². The topological polar surface area (TPSA) is 66.5 Å². The van der Waals surface area contributed by atoms with Gasteiger partial charge in [-0.2, -0.15) is 0 Å². The number of carbonyl (C=O) groups excluding carboxylic acids is 1. The lowest BCUT2D eigenvalue weighted by Gasteiger charge is -2.35. The van der Waals surface area contributed by atoms with Gasteiger partial charge in [0.05, 0.1) is 12.2 Å². The predicted molar refractivity (Wildman–Crippen MR) is 96.8 cm³/mol. The third-order valence-corrected chi connectivity index (χ3v) is 4.30. The third kappa shape index (κ3) is 5.08. The number of nitrogens with one attached hydrogen (secondary N) is 2. The summed E-state index contributed by atoms with van der Waals surface area (Å²) < 4.78 is 5.76. The first-order chi connectivity index (χ1) is 12.2. The van der Waals surface area contributed by atoms with Crippen molar-refractivity contribution in [3.05, 3.63) is 59.4 Å². The molecule has 0 saturated carbocycles. The van der Waals surface area contributed by atoms with Crippen molar-refractivity contribution in [3.63, 3.8) is 0 Å². The number of aromatic nitrogens is 1. The Morgan fingerprint density at radius 3 is 2.96 bits per heavy atom. The Morgan fingerprint density at radius 1 is 1.36 bits per heavy atom. The largest absolute Gasteiger partial charge is 0.490 e. The number of halogens is 1. The van der Waals surface area contributed by atoms with Crippen LogP contribution in [-0.4, -0.2) is 48.2 Å². The van der Waals surface area contributed by atoms with Gasteiger partial charge < -0.3 is 20.3 Å². The van der Waals surface area contributed by atoms with Crippen LogP contribution < -0.4 is 15.4 Å². The van der Waals surface area contributed by atoms with Crippen LogP contribution in [0.5, 0.6) is 5.75 Å². The minimum absolute atomic E-state index is 0.0285. The number of carbonyl (C=O) groups is 1. The number of pyridine rings is 1. The number of hydrogen-bond donors (Lipinski definition) is 2. The average Bonchev–Trinajstić information content (AvgIpc) is 2.67. The molecule has 3 rings (SSSR count). The monoisotopic (exact) mass is 360 g/mol. The molecule has 0 spiro atoms. The summed E-state index contributed by atoms with van der Waals surface area (Å²) >= 11 is 5.88. The average molecular weight is 361 g/mol.